The van der Waals surface area contributed by atoms with Crippen LogP contribution in [0.2, 0.25) is 0 Å². The summed E-state index contributed by atoms with van der Waals surface area (Å²) in [6.07, 6.45) is 4.09. The molecule has 0 radical (unpaired) electrons. The second kappa shape index (κ2) is 5.15. The lowest BCUT2D eigenvalue weighted by Crippen LogP contribution is -2.10. The summed E-state index contributed by atoms with van der Waals surface area (Å²) < 4.78 is 0.955. The van der Waals surface area contributed by atoms with Crippen LogP contribution in [0.5, 0.6) is 0 Å². The standard InChI is InChI=1S/C12H15BrN2S/c13-11-7-9(3-4-10(11)12(14)16)15-6-5-8-1-2-8/h3-4,7-8,15H,1-2,5-6H2,(H2,14,16). The van der Waals surface area contributed by atoms with Gasteiger partial charge >= 0.3 is 0 Å². The van der Waals surface area contributed by atoms with Crippen LogP contribution in [-0.2, 0) is 0 Å². The van der Waals surface area contributed by atoms with E-state index in [0.717, 1.165) is 28.2 Å². The monoisotopic (exact) mass is 298 g/mol. The molecule has 16 heavy (non-hydrogen) atoms. The van der Waals surface area contributed by atoms with Gasteiger partial charge in [0.1, 0.15) is 4.99 Å². The third-order valence-electron chi connectivity index (χ3n) is 2.81. The van der Waals surface area contributed by atoms with Gasteiger partial charge in [-0.2, -0.15) is 0 Å². The van der Waals surface area contributed by atoms with Crippen LogP contribution >= 0.6 is 28.1 Å². The molecule has 0 heterocycles. The normalized spacial score (nSPS) is 14.8. The smallest absolute Gasteiger partial charge is 0.105 e. The van der Waals surface area contributed by atoms with E-state index in [1.54, 1.807) is 0 Å². The van der Waals surface area contributed by atoms with E-state index in [2.05, 4.69) is 21.2 Å². The average molecular weight is 299 g/mol. The number of benzene rings is 1. The summed E-state index contributed by atoms with van der Waals surface area (Å²) in [6.45, 7) is 1.05. The van der Waals surface area contributed by atoms with Crippen LogP contribution in [0.1, 0.15) is 24.8 Å². The number of nitrogens with two attached hydrogens (primary N) is 1. The third kappa shape index (κ3) is 3.19. The summed E-state index contributed by atoms with van der Waals surface area (Å²) in [5.74, 6) is 0.965. The molecule has 2 nitrogen and oxygen atoms in total. The van der Waals surface area contributed by atoms with Crippen LogP contribution in [0, 0.1) is 5.92 Å². The molecule has 2 rings (SSSR count). The first-order valence-electron chi connectivity index (χ1n) is 5.50. The van der Waals surface area contributed by atoms with E-state index in [0.29, 0.717) is 4.99 Å². The first-order chi connectivity index (χ1) is 7.66. The van der Waals surface area contributed by atoms with Crippen molar-refractivity contribution < 1.29 is 0 Å². The number of rotatable bonds is 5. The molecule has 1 aliphatic rings. The zero-order chi connectivity index (χ0) is 11.5. The SMILES string of the molecule is NC(=S)c1ccc(NCCC2CC2)cc1Br. The van der Waals surface area contributed by atoms with Crippen LogP contribution in [0.4, 0.5) is 5.69 Å². The van der Waals surface area contributed by atoms with Crippen molar-refractivity contribution in [2.24, 2.45) is 11.7 Å². The molecule has 0 spiro atoms. The minimum atomic E-state index is 0.427. The molecular weight excluding hydrogens is 284 g/mol. The van der Waals surface area contributed by atoms with Crippen molar-refractivity contribution >= 4 is 38.8 Å². The van der Waals surface area contributed by atoms with E-state index >= 15 is 0 Å². The van der Waals surface area contributed by atoms with Crippen molar-refractivity contribution in [1.82, 2.24) is 0 Å². The highest BCUT2D eigenvalue weighted by atomic mass is 79.9. The van der Waals surface area contributed by atoms with E-state index in [1.165, 1.54) is 19.3 Å². The van der Waals surface area contributed by atoms with E-state index in [9.17, 15) is 0 Å². The molecule has 0 aromatic heterocycles. The van der Waals surface area contributed by atoms with Gasteiger partial charge in [-0.15, -0.1) is 0 Å². The summed E-state index contributed by atoms with van der Waals surface area (Å²) in [7, 11) is 0. The van der Waals surface area contributed by atoms with Crippen molar-refractivity contribution in [1.29, 1.82) is 0 Å². The van der Waals surface area contributed by atoms with Gasteiger partial charge in [-0.3, -0.25) is 0 Å². The molecule has 86 valence electrons. The number of hydrogen-bond donors (Lipinski definition) is 2. The Balaban J connectivity index is 1.93. The van der Waals surface area contributed by atoms with E-state index in [1.807, 2.05) is 18.2 Å². The lowest BCUT2D eigenvalue weighted by atomic mass is 10.2. The molecule has 0 bridgehead atoms. The molecule has 1 fully saturated rings. The van der Waals surface area contributed by atoms with Crippen LogP contribution in [0.3, 0.4) is 0 Å². The number of thiocarbonyl (C=S) groups is 1. The zero-order valence-corrected chi connectivity index (χ0v) is 11.4. The van der Waals surface area contributed by atoms with Crippen molar-refractivity contribution in [2.75, 3.05) is 11.9 Å². The Hall–Kier alpha value is -0.610. The number of halogens is 1. The molecule has 0 saturated heterocycles. The minimum Gasteiger partial charge on any atom is -0.389 e. The fourth-order valence-electron chi connectivity index (χ4n) is 1.65. The van der Waals surface area contributed by atoms with Crippen molar-refractivity contribution in [3.63, 3.8) is 0 Å². The molecule has 0 amide bonds. The summed E-state index contributed by atoms with van der Waals surface area (Å²) in [4.78, 5) is 0.427. The lowest BCUT2D eigenvalue weighted by molar-refractivity contribution is 0.760. The Labute approximate surface area is 110 Å². The lowest BCUT2D eigenvalue weighted by Gasteiger charge is -2.08. The predicted molar refractivity (Wildman–Crippen MR) is 75.9 cm³/mol. The highest BCUT2D eigenvalue weighted by Gasteiger charge is 2.20. The van der Waals surface area contributed by atoms with Crippen molar-refractivity contribution in [3.05, 3.63) is 28.2 Å². The van der Waals surface area contributed by atoms with Gasteiger partial charge in [0.15, 0.2) is 0 Å². The summed E-state index contributed by atoms with van der Waals surface area (Å²) >= 11 is 8.42. The maximum absolute atomic E-state index is 5.59. The van der Waals surface area contributed by atoms with Crippen molar-refractivity contribution in [3.8, 4) is 0 Å². The summed E-state index contributed by atoms with van der Waals surface area (Å²) in [5, 5.41) is 3.41. The quantitative estimate of drug-likeness (QED) is 0.819. The van der Waals surface area contributed by atoms with Gasteiger partial charge in [0.05, 0.1) is 0 Å². The highest BCUT2D eigenvalue weighted by Crippen LogP contribution is 2.32. The molecule has 1 aliphatic carbocycles. The van der Waals surface area contributed by atoms with Gasteiger partial charge in [0.25, 0.3) is 0 Å². The van der Waals surface area contributed by atoms with Gasteiger partial charge in [-0.1, -0.05) is 25.1 Å². The maximum Gasteiger partial charge on any atom is 0.105 e. The van der Waals surface area contributed by atoms with E-state index < -0.39 is 0 Å². The molecular formula is C12H15BrN2S. The Kier molecular flexibility index (Phi) is 3.82. The molecule has 1 aromatic rings. The fraction of sp³-hybridized carbons (Fsp3) is 0.417. The van der Waals surface area contributed by atoms with Crippen LogP contribution in [0.25, 0.3) is 0 Å². The topological polar surface area (TPSA) is 38.0 Å². The number of hydrogen-bond acceptors (Lipinski definition) is 2. The summed E-state index contributed by atoms with van der Waals surface area (Å²) in [6, 6.07) is 6.00. The zero-order valence-electron chi connectivity index (χ0n) is 9.00. The van der Waals surface area contributed by atoms with Crippen LogP contribution in [-0.4, -0.2) is 11.5 Å². The van der Waals surface area contributed by atoms with Gasteiger partial charge in [-0.05, 0) is 46.5 Å². The molecule has 4 heteroatoms. The van der Waals surface area contributed by atoms with Gasteiger partial charge < -0.3 is 11.1 Å². The van der Waals surface area contributed by atoms with Gasteiger partial charge in [0.2, 0.25) is 0 Å². The molecule has 0 unspecified atom stereocenters. The molecule has 0 aliphatic heterocycles. The van der Waals surface area contributed by atoms with Crippen molar-refractivity contribution in [2.45, 2.75) is 19.3 Å². The van der Waals surface area contributed by atoms with Crippen LogP contribution in [0.15, 0.2) is 22.7 Å². The fourth-order valence-corrected chi connectivity index (χ4v) is 2.55. The predicted octanol–water partition coefficient (Wildman–Crippen LogP) is 3.30. The Bertz CT molecular complexity index is 402. The average Bonchev–Trinajstić information content (AvgIpc) is 3.01. The largest absolute Gasteiger partial charge is 0.389 e. The molecule has 3 N–H and O–H groups in total. The van der Waals surface area contributed by atoms with Gasteiger partial charge in [0, 0.05) is 22.3 Å². The van der Waals surface area contributed by atoms with Crippen LogP contribution < -0.4 is 11.1 Å². The second-order valence-corrected chi connectivity index (χ2v) is 5.51. The highest BCUT2D eigenvalue weighted by molar-refractivity contribution is 9.10. The Morgan fingerprint density at radius 1 is 1.50 bits per heavy atom. The molecule has 0 atom stereocenters. The van der Waals surface area contributed by atoms with Gasteiger partial charge in [-0.25, -0.2) is 0 Å². The second-order valence-electron chi connectivity index (χ2n) is 4.22. The van der Waals surface area contributed by atoms with E-state index in [4.69, 9.17) is 18.0 Å². The minimum absolute atomic E-state index is 0.427. The Morgan fingerprint density at radius 2 is 2.25 bits per heavy atom. The Morgan fingerprint density at radius 3 is 2.81 bits per heavy atom. The van der Waals surface area contributed by atoms with E-state index in [-0.39, 0.29) is 0 Å². The third-order valence-corrected chi connectivity index (χ3v) is 3.69. The first kappa shape index (κ1) is 11.9. The first-order valence-corrected chi connectivity index (χ1v) is 6.70. The molecule has 1 saturated carbocycles. The molecule has 1 aromatic carbocycles. The maximum atomic E-state index is 5.59. The number of nitrogens with one attached hydrogen (secondary N) is 1. The number of anilines is 1. The summed E-state index contributed by atoms with van der Waals surface area (Å²) in [5.41, 5.74) is 7.60.